The van der Waals surface area contributed by atoms with Crippen LogP contribution < -0.4 is 10.5 Å². The Morgan fingerprint density at radius 2 is 1.63 bits per heavy atom. The molecule has 0 spiro atoms. The number of aliphatic carboxylic acids is 1. The molecule has 12 heteroatoms. The van der Waals surface area contributed by atoms with Gasteiger partial charge in [0.1, 0.15) is 0 Å². The highest BCUT2D eigenvalue weighted by Crippen LogP contribution is 2.33. The minimum Gasteiger partial charge on any atom is -0.504 e. The van der Waals surface area contributed by atoms with Gasteiger partial charge in [-0.2, -0.15) is 13.2 Å². The number of anilines is 1. The maximum absolute atomic E-state index is 12.6. The third-order valence-corrected chi connectivity index (χ3v) is 6.27. The molecule has 5 rings (SSSR count). The van der Waals surface area contributed by atoms with Crippen LogP contribution in [-0.4, -0.2) is 43.2 Å². The molecule has 2 aromatic carbocycles. The Bertz CT molecular complexity index is 1810. The lowest BCUT2D eigenvalue weighted by Gasteiger charge is -2.22. The number of carboxylic acids is 1. The van der Waals surface area contributed by atoms with Gasteiger partial charge in [-0.05, 0) is 35.4 Å². The zero-order valence-electron chi connectivity index (χ0n) is 22.7. The number of aromatic nitrogens is 3. The van der Waals surface area contributed by atoms with E-state index < -0.39 is 12.1 Å². The lowest BCUT2D eigenvalue weighted by Crippen LogP contribution is -2.30. The molecular formula is C31H25F3N4O5. The van der Waals surface area contributed by atoms with Crippen molar-refractivity contribution < 1.29 is 33.0 Å². The van der Waals surface area contributed by atoms with Gasteiger partial charge in [0.15, 0.2) is 11.6 Å². The van der Waals surface area contributed by atoms with Gasteiger partial charge in [0.25, 0.3) is 5.56 Å². The van der Waals surface area contributed by atoms with E-state index in [1.807, 2.05) is 60.7 Å². The topological polar surface area (TPSA) is 136 Å². The van der Waals surface area contributed by atoms with Crippen LogP contribution in [0.3, 0.4) is 0 Å². The van der Waals surface area contributed by atoms with E-state index >= 15 is 0 Å². The van der Waals surface area contributed by atoms with Crippen LogP contribution in [0, 0.1) is 0 Å². The van der Waals surface area contributed by atoms with E-state index in [0.29, 0.717) is 10.9 Å². The molecular weight excluding hydrogens is 565 g/mol. The summed E-state index contributed by atoms with van der Waals surface area (Å²) in [4.78, 5) is 47.2. The van der Waals surface area contributed by atoms with Crippen molar-refractivity contribution in [2.24, 2.45) is 0 Å². The number of benzene rings is 2. The second-order valence-electron chi connectivity index (χ2n) is 9.17. The Hall–Kier alpha value is -5.52. The normalized spacial score (nSPS) is 11.0. The lowest BCUT2D eigenvalue weighted by molar-refractivity contribution is -0.192. The highest BCUT2D eigenvalue weighted by Gasteiger charge is 2.38. The Labute approximate surface area is 242 Å². The van der Waals surface area contributed by atoms with Gasteiger partial charge >= 0.3 is 12.1 Å². The summed E-state index contributed by atoms with van der Waals surface area (Å²) in [5, 5.41) is 17.9. The number of fused-ring (bicyclic) bond motifs is 1. The molecule has 3 N–H and O–H groups in total. The summed E-state index contributed by atoms with van der Waals surface area (Å²) in [7, 11) is 0. The minimum absolute atomic E-state index is 0.0428. The van der Waals surface area contributed by atoms with Crippen molar-refractivity contribution in [2.45, 2.75) is 26.1 Å². The number of carbonyl (C=O) groups is 2. The van der Waals surface area contributed by atoms with Crippen LogP contribution in [0.4, 0.5) is 19.0 Å². The van der Waals surface area contributed by atoms with Gasteiger partial charge in [-0.25, -0.2) is 14.8 Å². The summed E-state index contributed by atoms with van der Waals surface area (Å²) in [5.74, 6) is -2.70. The number of alkyl halides is 3. The summed E-state index contributed by atoms with van der Waals surface area (Å²) < 4.78 is 31.7. The van der Waals surface area contributed by atoms with Gasteiger partial charge in [-0.3, -0.25) is 14.5 Å². The van der Waals surface area contributed by atoms with Crippen LogP contribution >= 0.6 is 0 Å². The van der Waals surface area contributed by atoms with E-state index in [0.717, 1.165) is 27.9 Å². The van der Waals surface area contributed by atoms with Crippen molar-refractivity contribution in [3.05, 3.63) is 107 Å². The molecule has 5 aromatic rings. The molecule has 0 saturated carbocycles. The number of H-pyrrole nitrogens is 1. The van der Waals surface area contributed by atoms with Crippen LogP contribution in [0.5, 0.6) is 5.75 Å². The maximum atomic E-state index is 12.6. The van der Waals surface area contributed by atoms with Gasteiger partial charge in [0.05, 0.1) is 23.1 Å². The number of pyridine rings is 3. The molecule has 1 amide bonds. The SMILES string of the molecule is CCC(=O)N(Cc1ccc(-c2nc3cc[nH]c(=O)c3cc2-c2ccccc2)cc1)c1ncccc1O.O=C(O)C(F)(F)F. The van der Waals surface area contributed by atoms with Gasteiger partial charge in [-0.1, -0.05) is 61.5 Å². The standard InChI is InChI=1S/C29H24N4O3.C2HF3O2/c1-2-26(35)33(28-25(34)9-6-15-30-28)18-19-10-12-21(13-11-19)27-22(20-7-4-3-5-8-20)17-23-24(32-27)14-16-31-29(23)36;3-2(4,5)1(6)7/h3-17,34H,2,18H2,1H3,(H,31,36);(H,6,7). The van der Waals surface area contributed by atoms with E-state index in [9.17, 15) is 27.9 Å². The first-order valence-electron chi connectivity index (χ1n) is 12.9. The Morgan fingerprint density at radius 3 is 2.23 bits per heavy atom. The van der Waals surface area contributed by atoms with E-state index in [1.165, 1.54) is 11.0 Å². The number of hydrogen-bond donors (Lipinski definition) is 3. The van der Waals surface area contributed by atoms with Crippen LogP contribution in [0.15, 0.2) is 96.1 Å². The number of hydrogen-bond acceptors (Lipinski definition) is 6. The van der Waals surface area contributed by atoms with E-state index in [2.05, 4.69) is 9.97 Å². The molecule has 43 heavy (non-hydrogen) atoms. The van der Waals surface area contributed by atoms with Crippen molar-refractivity contribution in [3.8, 4) is 28.1 Å². The molecule has 0 radical (unpaired) electrons. The van der Waals surface area contributed by atoms with Gasteiger partial charge in [-0.15, -0.1) is 0 Å². The molecule has 0 aliphatic rings. The molecule has 0 unspecified atom stereocenters. The fourth-order valence-corrected chi connectivity index (χ4v) is 4.19. The third kappa shape index (κ3) is 7.22. The van der Waals surface area contributed by atoms with Crippen LogP contribution in [0.25, 0.3) is 33.3 Å². The molecule has 0 fully saturated rings. The first kappa shape index (κ1) is 30.4. The molecule has 3 aromatic heterocycles. The maximum Gasteiger partial charge on any atom is 0.490 e. The second kappa shape index (κ2) is 13.0. The van der Waals surface area contributed by atoms with Gasteiger partial charge in [0, 0.05) is 29.9 Å². The summed E-state index contributed by atoms with van der Waals surface area (Å²) >= 11 is 0. The number of nitrogens with one attached hydrogen (secondary N) is 1. The van der Waals surface area contributed by atoms with E-state index in [1.54, 1.807) is 31.5 Å². The van der Waals surface area contributed by atoms with Crippen LogP contribution in [-0.2, 0) is 16.1 Å². The number of aromatic hydroxyl groups is 1. The largest absolute Gasteiger partial charge is 0.504 e. The predicted octanol–water partition coefficient (Wildman–Crippen LogP) is 5.93. The number of nitrogens with zero attached hydrogens (tertiary/aromatic N) is 3. The van der Waals surface area contributed by atoms with Crippen molar-refractivity contribution in [3.63, 3.8) is 0 Å². The molecule has 3 heterocycles. The molecule has 0 aliphatic carbocycles. The van der Waals surface area contributed by atoms with Crippen LogP contribution in [0.1, 0.15) is 18.9 Å². The quantitative estimate of drug-likeness (QED) is 0.223. The first-order chi connectivity index (χ1) is 20.5. The number of carbonyl (C=O) groups excluding carboxylic acids is 1. The second-order valence-corrected chi connectivity index (χ2v) is 9.17. The Balaban J connectivity index is 0.000000541. The molecule has 0 bridgehead atoms. The van der Waals surface area contributed by atoms with Crippen molar-refractivity contribution in [2.75, 3.05) is 4.90 Å². The summed E-state index contributed by atoms with van der Waals surface area (Å²) in [6.07, 6.45) is -1.65. The van der Waals surface area contributed by atoms with Crippen molar-refractivity contribution >= 4 is 28.6 Å². The average molecular weight is 591 g/mol. The molecule has 220 valence electrons. The molecule has 0 saturated heterocycles. The highest BCUT2D eigenvalue weighted by molar-refractivity contribution is 5.93. The highest BCUT2D eigenvalue weighted by atomic mass is 19.4. The number of rotatable bonds is 6. The van der Waals surface area contributed by atoms with Crippen molar-refractivity contribution in [1.82, 2.24) is 15.0 Å². The fraction of sp³-hybridized carbons (Fsp3) is 0.129. The smallest absolute Gasteiger partial charge is 0.490 e. The van der Waals surface area contributed by atoms with Gasteiger partial charge in [0.2, 0.25) is 5.91 Å². The average Bonchev–Trinajstić information content (AvgIpc) is 3.00. The fourth-order valence-electron chi connectivity index (χ4n) is 4.19. The Kier molecular flexibility index (Phi) is 9.19. The lowest BCUT2D eigenvalue weighted by atomic mass is 9.97. The monoisotopic (exact) mass is 590 g/mol. The van der Waals surface area contributed by atoms with Crippen LogP contribution in [0.2, 0.25) is 0 Å². The zero-order chi connectivity index (χ0) is 31.1. The third-order valence-electron chi connectivity index (χ3n) is 6.27. The number of aromatic amines is 1. The number of amides is 1. The molecule has 0 atom stereocenters. The Morgan fingerprint density at radius 1 is 0.953 bits per heavy atom. The first-order valence-corrected chi connectivity index (χ1v) is 12.9. The summed E-state index contributed by atoms with van der Waals surface area (Å²) in [6.45, 7) is 2.05. The molecule has 0 aliphatic heterocycles. The van der Waals surface area contributed by atoms with E-state index in [-0.39, 0.29) is 36.0 Å². The zero-order valence-corrected chi connectivity index (χ0v) is 22.7. The summed E-state index contributed by atoms with van der Waals surface area (Å²) in [5.41, 5.74) is 4.77. The van der Waals surface area contributed by atoms with Gasteiger partial charge < -0.3 is 15.2 Å². The molecule has 9 nitrogen and oxygen atoms in total. The predicted molar refractivity (Wildman–Crippen MR) is 154 cm³/mol. The van der Waals surface area contributed by atoms with Crippen molar-refractivity contribution in [1.29, 1.82) is 0 Å². The summed E-state index contributed by atoms with van der Waals surface area (Å²) in [6, 6.07) is 24.4. The van der Waals surface area contributed by atoms with E-state index in [4.69, 9.17) is 14.9 Å². The number of carboxylic acid groups (broad SMARTS) is 1. The number of halogens is 3. The minimum atomic E-state index is -5.08.